The summed E-state index contributed by atoms with van der Waals surface area (Å²) in [5.41, 5.74) is 9.44. The van der Waals surface area contributed by atoms with E-state index in [1.165, 1.54) is 0 Å². The molecule has 2 aliphatic rings. The summed E-state index contributed by atoms with van der Waals surface area (Å²) in [6.45, 7) is 3.99. The molecule has 0 aromatic heterocycles. The minimum absolute atomic E-state index is 0. The van der Waals surface area contributed by atoms with Crippen molar-refractivity contribution in [1.82, 2.24) is 4.90 Å². The van der Waals surface area contributed by atoms with E-state index < -0.39 is 6.29 Å². The van der Waals surface area contributed by atoms with E-state index in [0.29, 0.717) is 11.9 Å². The molecule has 3 N–H and O–H groups in total. The van der Waals surface area contributed by atoms with Crippen LogP contribution in [0.1, 0.15) is 18.4 Å². The third-order valence-electron chi connectivity index (χ3n) is 5.07. The predicted octanol–water partition coefficient (Wildman–Crippen LogP) is 3.41. The Balaban J connectivity index is 0.00000240. The molecule has 1 unspecified atom stereocenters. The van der Waals surface area contributed by atoms with Gasteiger partial charge in [-0.3, -0.25) is 4.90 Å². The largest absolute Gasteiger partial charge is 0.497 e. The number of rotatable bonds is 4. The van der Waals surface area contributed by atoms with E-state index in [9.17, 15) is 0 Å². The number of ether oxygens (including phenoxy) is 1. The third kappa shape index (κ3) is 4.40. The maximum absolute atomic E-state index is 6.44. The van der Waals surface area contributed by atoms with Crippen LogP contribution in [-0.4, -0.2) is 43.3 Å². The second-order valence-corrected chi connectivity index (χ2v) is 7.00. The molecule has 1 fully saturated rings. The molecule has 7 nitrogen and oxygen atoms in total. The van der Waals surface area contributed by atoms with Crippen molar-refractivity contribution in [3.63, 3.8) is 0 Å². The van der Waals surface area contributed by atoms with Crippen molar-refractivity contribution in [2.24, 2.45) is 15.7 Å². The van der Waals surface area contributed by atoms with Gasteiger partial charge in [0.25, 0.3) is 0 Å². The van der Waals surface area contributed by atoms with Crippen LogP contribution < -0.4 is 20.7 Å². The number of guanidine groups is 2. The standard InChI is InChI=1S/C21H26N6O.ClH/c1-15-8-3-4-11-18(15)27-19(22)24-20(26-12-5-6-13-26)25-21(27)23-16-9-7-10-17(14-16)28-2;/h3-4,7-11,14,21,23H,5-6,12-13H2,1-2H3,(H2,22,24,25);1H. The first-order valence-electron chi connectivity index (χ1n) is 9.58. The van der Waals surface area contributed by atoms with E-state index in [0.717, 1.165) is 48.6 Å². The average Bonchev–Trinajstić information content (AvgIpc) is 3.24. The third-order valence-corrected chi connectivity index (χ3v) is 5.07. The lowest BCUT2D eigenvalue weighted by molar-refractivity contribution is 0.415. The quantitative estimate of drug-likeness (QED) is 0.801. The van der Waals surface area contributed by atoms with Gasteiger partial charge in [-0.1, -0.05) is 24.3 Å². The molecule has 0 spiro atoms. The summed E-state index contributed by atoms with van der Waals surface area (Å²) >= 11 is 0. The number of nitrogens with one attached hydrogen (secondary N) is 1. The van der Waals surface area contributed by atoms with Crippen molar-refractivity contribution in [2.75, 3.05) is 30.4 Å². The topological polar surface area (TPSA) is 78.5 Å². The van der Waals surface area contributed by atoms with Gasteiger partial charge < -0.3 is 20.7 Å². The van der Waals surface area contributed by atoms with Gasteiger partial charge in [0.15, 0.2) is 0 Å². The molecule has 29 heavy (non-hydrogen) atoms. The Morgan fingerprint density at radius 2 is 1.86 bits per heavy atom. The molecule has 1 saturated heterocycles. The van der Waals surface area contributed by atoms with Crippen LogP contribution in [-0.2, 0) is 0 Å². The summed E-state index contributed by atoms with van der Waals surface area (Å²) in [7, 11) is 1.66. The number of anilines is 2. The minimum Gasteiger partial charge on any atom is -0.497 e. The summed E-state index contributed by atoms with van der Waals surface area (Å²) in [6, 6.07) is 15.9. The summed E-state index contributed by atoms with van der Waals surface area (Å²) in [5, 5.41) is 3.49. The van der Waals surface area contributed by atoms with Crippen LogP contribution in [0.2, 0.25) is 0 Å². The molecule has 1 atom stereocenters. The van der Waals surface area contributed by atoms with E-state index in [1.54, 1.807) is 7.11 Å². The lowest BCUT2D eigenvalue weighted by Gasteiger charge is -2.36. The van der Waals surface area contributed by atoms with E-state index in [4.69, 9.17) is 15.5 Å². The SMILES string of the molecule is COc1cccc(NC2N=C(N3CCCC3)N=C(N)N2c2ccccc2C)c1.Cl. The number of benzene rings is 2. The fourth-order valence-electron chi connectivity index (χ4n) is 3.59. The molecule has 2 aromatic rings. The van der Waals surface area contributed by atoms with Crippen LogP contribution in [0.4, 0.5) is 11.4 Å². The Morgan fingerprint density at radius 3 is 2.59 bits per heavy atom. The van der Waals surface area contributed by atoms with Gasteiger partial charge in [0.1, 0.15) is 5.75 Å². The van der Waals surface area contributed by atoms with Crippen molar-refractivity contribution in [1.29, 1.82) is 0 Å². The van der Waals surface area contributed by atoms with Crippen LogP contribution >= 0.6 is 12.4 Å². The Morgan fingerprint density at radius 1 is 1.10 bits per heavy atom. The molecule has 0 aliphatic carbocycles. The van der Waals surface area contributed by atoms with Crippen LogP contribution in [0, 0.1) is 6.92 Å². The number of nitrogens with zero attached hydrogens (tertiary/aromatic N) is 4. The number of aliphatic imine (C=N–C) groups is 2. The van der Waals surface area contributed by atoms with E-state index in [-0.39, 0.29) is 12.4 Å². The van der Waals surface area contributed by atoms with Crippen molar-refractivity contribution in [3.8, 4) is 5.75 Å². The van der Waals surface area contributed by atoms with Crippen LogP contribution in [0.5, 0.6) is 5.75 Å². The van der Waals surface area contributed by atoms with E-state index in [1.807, 2.05) is 47.4 Å². The zero-order chi connectivity index (χ0) is 19.5. The number of para-hydroxylation sites is 1. The highest BCUT2D eigenvalue weighted by Gasteiger charge is 2.30. The fourth-order valence-corrected chi connectivity index (χ4v) is 3.59. The number of methoxy groups -OCH3 is 1. The van der Waals surface area contributed by atoms with Gasteiger partial charge in [-0.05, 0) is 43.5 Å². The first-order chi connectivity index (χ1) is 13.7. The highest BCUT2D eigenvalue weighted by molar-refractivity contribution is 6.05. The van der Waals surface area contributed by atoms with Crippen LogP contribution in [0.15, 0.2) is 58.5 Å². The Kier molecular flexibility index (Phi) is 6.49. The highest BCUT2D eigenvalue weighted by Crippen LogP contribution is 2.27. The number of aryl methyl sites for hydroxylation is 1. The fraction of sp³-hybridized carbons (Fsp3) is 0.333. The zero-order valence-corrected chi connectivity index (χ0v) is 17.5. The van der Waals surface area contributed by atoms with Crippen molar-refractivity contribution < 1.29 is 4.74 Å². The molecule has 0 amide bonds. The molecular formula is C21H27ClN6O. The second-order valence-electron chi connectivity index (χ2n) is 7.00. The molecule has 154 valence electrons. The summed E-state index contributed by atoms with van der Waals surface area (Å²) in [5.74, 6) is 1.92. The van der Waals surface area contributed by atoms with Crippen molar-refractivity contribution >= 4 is 35.7 Å². The van der Waals surface area contributed by atoms with Crippen molar-refractivity contribution in [3.05, 3.63) is 54.1 Å². The normalized spacial score (nSPS) is 18.6. The number of halogens is 1. The minimum atomic E-state index is -0.402. The molecule has 8 heteroatoms. The van der Waals surface area contributed by atoms with Gasteiger partial charge in [0, 0.05) is 24.8 Å². The maximum atomic E-state index is 6.44. The monoisotopic (exact) mass is 414 g/mol. The highest BCUT2D eigenvalue weighted by atomic mass is 35.5. The Bertz CT molecular complexity index is 910. The lowest BCUT2D eigenvalue weighted by Crippen LogP contribution is -2.52. The predicted molar refractivity (Wildman–Crippen MR) is 121 cm³/mol. The molecule has 0 radical (unpaired) electrons. The molecule has 2 aromatic carbocycles. The summed E-state index contributed by atoms with van der Waals surface area (Å²) < 4.78 is 5.35. The second kappa shape index (κ2) is 9.05. The van der Waals surface area contributed by atoms with E-state index in [2.05, 4.69) is 28.2 Å². The van der Waals surface area contributed by atoms with Gasteiger partial charge >= 0.3 is 0 Å². The molecule has 2 aliphatic heterocycles. The maximum Gasteiger partial charge on any atom is 0.227 e. The zero-order valence-electron chi connectivity index (χ0n) is 16.7. The van der Waals surface area contributed by atoms with Gasteiger partial charge in [-0.15, -0.1) is 12.4 Å². The molecule has 0 bridgehead atoms. The van der Waals surface area contributed by atoms with Crippen LogP contribution in [0.3, 0.4) is 0 Å². The Labute approximate surface area is 177 Å². The Hall–Kier alpha value is -2.93. The van der Waals surface area contributed by atoms with E-state index >= 15 is 0 Å². The lowest BCUT2D eigenvalue weighted by atomic mass is 10.2. The summed E-state index contributed by atoms with van der Waals surface area (Å²) in [6.07, 6.45) is 1.91. The van der Waals surface area contributed by atoms with Gasteiger partial charge in [0.2, 0.25) is 18.2 Å². The number of hydrogen-bond acceptors (Lipinski definition) is 7. The smallest absolute Gasteiger partial charge is 0.227 e. The van der Waals surface area contributed by atoms with Gasteiger partial charge in [0.05, 0.1) is 12.8 Å². The summed E-state index contributed by atoms with van der Waals surface area (Å²) in [4.78, 5) is 13.7. The molecule has 2 heterocycles. The molecule has 0 saturated carbocycles. The molecule has 4 rings (SSSR count). The number of hydrogen-bond donors (Lipinski definition) is 2. The van der Waals surface area contributed by atoms with Crippen molar-refractivity contribution in [2.45, 2.75) is 26.1 Å². The molecular weight excluding hydrogens is 388 g/mol. The number of likely N-dealkylation sites (tertiary alicyclic amines) is 1. The first-order valence-corrected chi connectivity index (χ1v) is 9.58. The van der Waals surface area contributed by atoms with Gasteiger partial charge in [-0.2, -0.15) is 4.99 Å². The average molecular weight is 415 g/mol. The first kappa shape index (κ1) is 20.8. The number of nitrogens with two attached hydrogens (primary N) is 1. The van der Waals surface area contributed by atoms with Crippen LogP contribution in [0.25, 0.3) is 0 Å². The van der Waals surface area contributed by atoms with Gasteiger partial charge in [-0.25, -0.2) is 4.99 Å².